The molecule has 1 aliphatic heterocycles. The number of rotatable bonds is 3. The lowest BCUT2D eigenvalue weighted by Crippen LogP contribution is -2.43. The monoisotopic (exact) mass is 245 g/mol. The molecule has 1 heterocycles. The molecule has 0 aromatic rings. The summed E-state index contributed by atoms with van der Waals surface area (Å²) in [6.45, 7) is 5.65. The summed E-state index contributed by atoms with van der Waals surface area (Å²) in [4.78, 5) is 22.1. The molecule has 1 fully saturated rings. The van der Waals surface area contributed by atoms with Gasteiger partial charge in [-0.05, 0) is 20.8 Å². The minimum atomic E-state index is -0.926. The lowest BCUT2D eigenvalue weighted by molar-refractivity contribution is -0.140. The van der Waals surface area contributed by atoms with Gasteiger partial charge in [-0.25, -0.2) is 9.59 Å². The summed E-state index contributed by atoms with van der Waals surface area (Å²) in [7, 11) is 0. The van der Waals surface area contributed by atoms with Gasteiger partial charge in [-0.3, -0.25) is 0 Å². The molecule has 16 heavy (non-hydrogen) atoms. The van der Waals surface area contributed by atoms with Gasteiger partial charge in [0.05, 0.1) is 17.7 Å². The molecule has 0 aromatic heterocycles. The fourth-order valence-electron chi connectivity index (χ4n) is 1.41. The largest absolute Gasteiger partial charge is 0.480 e. The van der Waals surface area contributed by atoms with E-state index in [2.05, 4.69) is 5.32 Å². The van der Waals surface area contributed by atoms with Crippen LogP contribution in [0.2, 0.25) is 0 Å². The van der Waals surface area contributed by atoms with Gasteiger partial charge in [0.1, 0.15) is 6.04 Å². The molecule has 1 aliphatic rings. The number of hydrogen-bond acceptors (Lipinski definition) is 5. The normalized spacial score (nSPS) is 25.2. The minimum absolute atomic E-state index is 0.305. The zero-order valence-electron chi connectivity index (χ0n) is 9.44. The van der Waals surface area contributed by atoms with E-state index < -0.39 is 22.7 Å². The van der Waals surface area contributed by atoms with Gasteiger partial charge < -0.3 is 15.2 Å². The second kappa shape index (κ2) is 4.78. The van der Waals surface area contributed by atoms with Gasteiger partial charge in [-0.1, -0.05) is 11.8 Å². The summed E-state index contributed by atoms with van der Waals surface area (Å²) < 4.78 is 4.27. The average Bonchev–Trinajstić information content (AvgIpc) is 2.40. The Morgan fingerprint density at radius 2 is 2.25 bits per heavy atom. The molecule has 0 bridgehead atoms. The molecule has 6 heteroatoms. The van der Waals surface area contributed by atoms with E-state index >= 15 is 0 Å². The van der Waals surface area contributed by atoms with Crippen LogP contribution >= 0.6 is 11.8 Å². The number of nitrogens with one attached hydrogen (secondary N) is 1. The highest BCUT2D eigenvalue weighted by atomic mass is 32.2. The summed E-state index contributed by atoms with van der Waals surface area (Å²) in [5, 5.41) is 12.3. The lowest BCUT2D eigenvalue weighted by atomic mass is 10.0. The van der Waals surface area contributed by atoms with Crippen LogP contribution in [0.1, 0.15) is 20.8 Å². The molecular weight excluding hydrogens is 230 g/mol. The van der Waals surface area contributed by atoms with Gasteiger partial charge in [0.15, 0.2) is 0 Å². The predicted molar refractivity (Wildman–Crippen MR) is 60.9 cm³/mol. The summed E-state index contributed by atoms with van der Waals surface area (Å²) in [6.07, 6.45) is 1.29. The third kappa shape index (κ3) is 2.91. The fraction of sp³-hybridized carbons (Fsp3) is 0.600. The number of carbonyl (C=O) groups is 2. The van der Waals surface area contributed by atoms with Crippen LogP contribution < -0.4 is 5.32 Å². The molecule has 0 aliphatic carbocycles. The highest BCUT2D eigenvalue weighted by molar-refractivity contribution is 8.04. The number of esters is 1. The second-order valence-electron chi connectivity index (χ2n) is 3.88. The molecule has 0 saturated carbocycles. The fourth-order valence-corrected chi connectivity index (χ4v) is 2.59. The van der Waals surface area contributed by atoms with E-state index in [9.17, 15) is 9.59 Å². The first-order chi connectivity index (χ1) is 7.36. The van der Waals surface area contributed by atoms with Crippen molar-refractivity contribution < 1.29 is 19.4 Å². The predicted octanol–water partition coefficient (Wildman–Crippen LogP) is 0.959. The topological polar surface area (TPSA) is 75.6 Å². The van der Waals surface area contributed by atoms with Crippen LogP contribution in [-0.4, -0.2) is 34.4 Å². The maximum absolute atomic E-state index is 11.2. The first-order valence-electron chi connectivity index (χ1n) is 4.93. The molecule has 5 nitrogen and oxygen atoms in total. The number of thioether (sulfide) groups is 1. The quantitative estimate of drug-likeness (QED) is 0.570. The first-order valence-corrected chi connectivity index (χ1v) is 5.75. The van der Waals surface area contributed by atoms with Crippen LogP contribution in [0, 0.1) is 0 Å². The Hall–Kier alpha value is -1.17. The van der Waals surface area contributed by atoms with Crippen LogP contribution in [0.5, 0.6) is 0 Å². The number of aliphatic carboxylic acids is 1. The van der Waals surface area contributed by atoms with Gasteiger partial charge in [-0.15, -0.1) is 0 Å². The van der Waals surface area contributed by atoms with Crippen molar-refractivity contribution >= 4 is 23.7 Å². The molecule has 0 spiro atoms. The van der Waals surface area contributed by atoms with Gasteiger partial charge in [0, 0.05) is 4.75 Å². The minimum Gasteiger partial charge on any atom is -0.480 e. The average molecular weight is 245 g/mol. The summed E-state index contributed by atoms with van der Waals surface area (Å²) >= 11 is 1.33. The Balaban J connectivity index is 2.76. The van der Waals surface area contributed by atoms with E-state index in [4.69, 9.17) is 9.84 Å². The molecule has 0 radical (unpaired) electrons. The second-order valence-corrected chi connectivity index (χ2v) is 5.58. The molecule has 1 unspecified atom stereocenters. The maximum Gasteiger partial charge on any atom is 0.333 e. The molecule has 1 rings (SSSR count). The third-order valence-electron chi connectivity index (χ3n) is 2.14. The van der Waals surface area contributed by atoms with E-state index in [-0.39, 0.29) is 0 Å². The lowest BCUT2D eigenvalue weighted by Gasteiger charge is -2.20. The molecule has 2 N–H and O–H groups in total. The van der Waals surface area contributed by atoms with E-state index in [0.717, 1.165) is 0 Å². The van der Waals surface area contributed by atoms with Crippen molar-refractivity contribution in [3.63, 3.8) is 0 Å². The summed E-state index contributed by atoms with van der Waals surface area (Å²) in [5.41, 5.74) is 0. The van der Waals surface area contributed by atoms with E-state index in [1.807, 2.05) is 13.8 Å². The van der Waals surface area contributed by atoms with Gasteiger partial charge in [0.25, 0.3) is 0 Å². The van der Waals surface area contributed by atoms with Crippen LogP contribution in [0.25, 0.3) is 0 Å². The number of carboxylic acids is 1. The smallest absolute Gasteiger partial charge is 0.333 e. The Labute approximate surface area is 98.2 Å². The number of carboxylic acid groups (broad SMARTS) is 1. The van der Waals surface area contributed by atoms with Crippen LogP contribution in [-0.2, 0) is 14.3 Å². The van der Waals surface area contributed by atoms with Crippen molar-refractivity contribution in [1.29, 1.82) is 0 Å². The van der Waals surface area contributed by atoms with Crippen LogP contribution in [0.3, 0.4) is 0 Å². The molecule has 1 saturated heterocycles. The zero-order chi connectivity index (χ0) is 12.3. The molecule has 0 amide bonds. The van der Waals surface area contributed by atoms with Crippen molar-refractivity contribution in [2.45, 2.75) is 31.6 Å². The Morgan fingerprint density at radius 3 is 2.69 bits per heavy atom. The van der Waals surface area contributed by atoms with Crippen molar-refractivity contribution in [2.24, 2.45) is 0 Å². The van der Waals surface area contributed by atoms with E-state index in [1.165, 1.54) is 17.8 Å². The molecule has 0 aromatic carbocycles. The van der Waals surface area contributed by atoms with Crippen LogP contribution in [0.4, 0.5) is 0 Å². The molecule has 90 valence electrons. The van der Waals surface area contributed by atoms with Crippen LogP contribution in [0.15, 0.2) is 11.1 Å². The molecule has 1 atom stereocenters. The van der Waals surface area contributed by atoms with E-state index in [1.54, 1.807) is 6.92 Å². The standard InChI is InChI=1S/C10H15NO4S/c1-4-15-7(12)5-6-11-8(9(13)14)10(2,3)16-6/h5,8,11H,4H2,1-3H3,(H,13,14). The van der Waals surface area contributed by atoms with Crippen molar-refractivity contribution in [2.75, 3.05) is 6.61 Å². The maximum atomic E-state index is 11.2. The Bertz CT molecular complexity index is 338. The highest BCUT2D eigenvalue weighted by Gasteiger charge is 2.43. The van der Waals surface area contributed by atoms with Gasteiger partial charge >= 0.3 is 11.9 Å². The summed E-state index contributed by atoms with van der Waals surface area (Å²) in [6, 6.07) is -0.696. The first kappa shape index (κ1) is 12.9. The Kier molecular flexibility index (Phi) is 3.85. The van der Waals surface area contributed by atoms with E-state index in [0.29, 0.717) is 11.6 Å². The number of hydrogen-bond donors (Lipinski definition) is 2. The van der Waals surface area contributed by atoms with Crippen molar-refractivity contribution in [1.82, 2.24) is 5.32 Å². The Morgan fingerprint density at radius 1 is 1.62 bits per heavy atom. The van der Waals surface area contributed by atoms with Crippen molar-refractivity contribution in [3.05, 3.63) is 11.1 Å². The SMILES string of the molecule is CCOC(=O)C=C1NC(C(=O)O)C(C)(C)S1. The number of carbonyl (C=O) groups excluding carboxylic acids is 1. The number of ether oxygens (including phenoxy) is 1. The van der Waals surface area contributed by atoms with Gasteiger partial charge in [0.2, 0.25) is 0 Å². The third-order valence-corrected chi connectivity index (χ3v) is 3.35. The summed E-state index contributed by atoms with van der Waals surface area (Å²) in [5.74, 6) is -1.39. The molecular formula is C10H15NO4S. The zero-order valence-corrected chi connectivity index (χ0v) is 10.3. The van der Waals surface area contributed by atoms with Crippen molar-refractivity contribution in [3.8, 4) is 0 Å². The van der Waals surface area contributed by atoms with Gasteiger partial charge in [-0.2, -0.15) is 0 Å². The highest BCUT2D eigenvalue weighted by Crippen LogP contribution is 2.40.